The number of fused-ring (bicyclic) bond motifs is 2. The molecule has 3 aromatic rings. The molecular formula is C23H23N5OS. The second kappa shape index (κ2) is 8.45. The maximum absolute atomic E-state index is 12.6. The molecule has 1 aromatic carbocycles. The summed E-state index contributed by atoms with van der Waals surface area (Å²) >= 11 is 1.54. The zero-order valence-electron chi connectivity index (χ0n) is 16.6. The Bertz CT molecular complexity index is 1110. The molecule has 1 unspecified atom stereocenters. The zero-order valence-corrected chi connectivity index (χ0v) is 17.4. The molecule has 3 heterocycles. The lowest BCUT2D eigenvalue weighted by Crippen LogP contribution is -2.28. The van der Waals surface area contributed by atoms with Crippen LogP contribution in [0.5, 0.6) is 0 Å². The topological polar surface area (TPSA) is 79.3 Å². The fourth-order valence-electron chi connectivity index (χ4n) is 4.04. The highest BCUT2D eigenvalue weighted by atomic mass is 32.1. The van der Waals surface area contributed by atoms with Gasteiger partial charge in [-0.1, -0.05) is 24.3 Å². The first-order chi connectivity index (χ1) is 14.8. The van der Waals surface area contributed by atoms with Crippen molar-refractivity contribution in [2.24, 2.45) is 4.99 Å². The number of aromatic nitrogens is 2. The van der Waals surface area contributed by atoms with Crippen LogP contribution in [0, 0.1) is 0 Å². The van der Waals surface area contributed by atoms with Crippen LogP contribution < -0.4 is 10.6 Å². The molecule has 152 valence electrons. The minimum Gasteiger partial charge on any atom is -0.342 e. The molecule has 2 aromatic heterocycles. The normalized spacial score (nSPS) is 16.8. The van der Waals surface area contributed by atoms with Gasteiger partial charge in [0.2, 0.25) is 0 Å². The molecule has 0 bridgehead atoms. The number of carbonyl (C=O) groups excluding carboxylic acids is 1. The maximum Gasteiger partial charge on any atom is 0.271 e. The van der Waals surface area contributed by atoms with E-state index in [1.165, 1.54) is 28.2 Å². The van der Waals surface area contributed by atoms with Crippen LogP contribution in [0.15, 0.2) is 53.0 Å². The Labute approximate surface area is 179 Å². The van der Waals surface area contributed by atoms with Gasteiger partial charge in [0.05, 0.1) is 22.4 Å². The van der Waals surface area contributed by atoms with Crippen molar-refractivity contribution in [1.82, 2.24) is 20.6 Å². The van der Waals surface area contributed by atoms with Crippen molar-refractivity contribution in [3.8, 4) is 0 Å². The van der Waals surface area contributed by atoms with Gasteiger partial charge in [-0.15, -0.1) is 11.3 Å². The van der Waals surface area contributed by atoms with E-state index < -0.39 is 0 Å². The van der Waals surface area contributed by atoms with E-state index in [4.69, 9.17) is 0 Å². The van der Waals surface area contributed by atoms with Crippen molar-refractivity contribution in [1.29, 1.82) is 0 Å². The minimum absolute atomic E-state index is 0.0168. The van der Waals surface area contributed by atoms with E-state index >= 15 is 0 Å². The zero-order chi connectivity index (χ0) is 20.3. The monoisotopic (exact) mass is 417 g/mol. The molecule has 6 nitrogen and oxygen atoms in total. The molecule has 0 saturated heterocycles. The summed E-state index contributed by atoms with van der Waals surface area (Å²) in [7, 11) is 0. The lowest BCUT2D eigenvalue weighted by Gasteiger charge is -2.11. The molecule has 1 aliphatic carbocycles. The third-order valence-corrected chi connectivity index (χ3v) is 6.47. The van der Waals surface area contributed by atoms with E-state index in [1.54, 1.807) is 6.20 Å². The van der Waals surface area contributed by atoms with Gasteiger partial charge in [-0.05, 0) is 36.1 Å². The quantitative estimate of drug-likeness (QED) is 0.578. The van der Waals surface area contributed by atoms with Gasteiger partial charge in [0.1, 0.15) is 5.69 Å². The van der Waals surface area contributed by atoms with Gasteiger partial charge >= 0.3 is 0 Å². The smallest absolute Gasteiger partial charge is 0.271 e. The third kappa shape index (κ3) is 4.04. The average Bonchev–Trinajstić information content (AvgIpc) is 3.49. The number of pyridine rings is 1. The number of nitrogens with zero attached hydrogens (tertiary/aromatic N) is 3. The van der Waals surface area contributed by atoms with Gasteiger partial charge in [-0.2, -0.15) is 0 Å². The van der Waals surface area contributed by atoms with Crippen LogP contribution in [0.4, 0.5) is 5.69 Å². The van der Waals surface area contributed by atoms with Crippen LogP contribution in [0.1, 0.15) is 44.8 Å². The second-order valence-electron chi connectivity index (χ2n) is 7.65. The van der Waals surface area contributed by atoms with Crippen molar-refractivity contribution < 1.29 is 4.79 Å². The van der Waals surface area contributed by atoms with E-state index in [-0.39, 0.29) is 11.9 Å². The number of benzene rings is 1. The maximum atomic E-state index is 12.6. The number of aryl methyl sites for hydroxylation is 1. The highest BCUT2D eigenvalue weighted by molar-refractivity contribution is 7.09. The van der Waals surface area contributed by atoms with Gasteiger partial charge in [0.15, 0.2) is 0 Å². The summed E-state index contributed by atoms with van der Waals surface area (Å²) in [6, 6.07) is 12.3. The molecule has 0 radical (unpaired) electrons. The number of hydrogen-bond acceptors (Lipinski definition) is 6. The Morgan fingerprint density at radius 3 is 3.00 bits per heavy atom. The molecule has 7 heteroatoms. The molecule has 0 saturated carbocycles. The summed E-state index contributed by atoms with van der Waals surface area (Å²) in [5.41, 5.74) is 6.26. The fourth-order valence-corrected chi connectivity index (χ4v) is 4.82. The van der Waals surface area contributed by atoms with Gasteiger partial charge in [0.25, 0.3) is 5.91 Å². The number of nitrogens with one attached hydrogen (secondary N) is 2. The van der Waals surface area contributed by atoms with Crippen LogP contribution in [-0.2, 0) is 19.3 Å². The summed E-state index contributed by atoms with van der Waals surface area (Å²) in [5, 5.41) is 9.35. The van der Waals surface area contributed by atoms with E-state index in [1.807, 2.05) is 17.5 Å². The first kappa shape index (κ1) is 19.1. The number of aliphatic imine (C=N–C) groups is 1. The molecule has 5 rings (SSSR count). The largest absolute Gasteiger partial charge is 0.342 e. The second-order valence-corrected chi connectivity index (χ2v) is 8.59. The van der Waals surface area contributed by atoms with Gasteiger partial charge < -0.3 is 10.6 Å². The van der Waals surface area contributed by atoms with Gasteiger partial charge in [0, 0.05) is 43.2 Å². The lowest BCUT2D eigenvalue weighted by atomic mass is 10.1. The van der Waals surface area contributed by atoms with Crippen molar-refractivity contribution in [2.75, 3.05) is 13.1 Å². The molecular weight excluding hydrogens is 394 g/mol. The minimum atomic E-state index is -0.118. The van der Waals surface area contributed by atoms with Crippen molar-refractivity contribution in [2.45, 2.75) is 31.7 Å². The summed E-state index contributed by atoms with van der Waals surface area (Å²) in [5.74, 6) is -0.118. The molecule has 1 aliphatic heterocycles. The Hall–Kier alpha value is -2.90. The highest BCUT2D eigenvalue weighted by Gasteiger charge is 2.26. The number of rotatable bonds is 7. The van der Waals surface area contributed by atoms with E-state index in [0.717, 1.165) is 55.2 Å². The lowest BCUT2D eigenvalue weighted by molar-refractivity contribution is 0.0931. The summed E-state index contributed by atoms with van der Waals surface area (Å²) < 4.78 is 0. The number of hydrogen-bond donors (Lipinski definition) is 2. The fraction of sp³-hybridized carbons (Fsp3) is 0.304. The molecule has 2 aliphatic rings. The van der Waals surface area contributed by atoms with Crippen molar-refractivity contribution in [3.05, 3.63) is 75.5 Å². The Morgan fingerprint density at radius 1 is 1.17 bits per heavy atom. The molecule has 1 atom stereocenters. The summed E-state index contributed by atoms with van der Waals surface area (Å²) in [6.45, 7) is 1.59. The van der Waals surface area contributed by atoms with Gasteiger partial charge in [-0.3, -0.25) is 14.8 Å². The third-order valence-electron chi connectivity index (χ3n) is 5.56. The molecule has 1 amide bonds. The molecule has 0 fully saturated rings. The van der Waals surface area contributed by atoms with Crippen LogP contribution in [0.2, 0.25) is 0 Å². The Balaban J connectivity index is 1.09. The van der Waals surface area contributed by atoms with Crippen molar-refractivity contribution in [3.63, 3.8) is 0 Å². The van der Waals surface area contributed by atoms with E-state index in [9.17, 15) is 4.79 Å². The van der Waals surface area contributed by atoms with Crippen LogP contribution in [0.25, 0.3) is 0 Å². The van der Waals surface area contributed by atoms with Crippen molar-refractivity contribution >= 4 is 28.6 Å². The first-order valence-corrected chi connectivity index (χ1v) is 11.2. The number of thiazole rings is 1. The average molecular weight is 418 g/mol. The van der Waals surface area contributed by atoms with E-state index in [0.29, 0.717) is 5.69 Å². The Kier molecular flexibility index (Phi) is 5.38. The molecule has 0 spiro atoms. The highest BCUT2D eigenvalue weighted by Crippen LogP contribution is 2.29. The predicted octanol–water partition coefficient (Wildman–Crippen LogP) is 3.42. The standard InChI is InChI=1S/C23H23N5OS/c29-23(28-19-8-7-15-5-3-10-25-22(15)19)20-14-30-21(27-20)9-11-24-13-17-12-16-4-1-2-6-18(16)26-17/h1-6,10,14,19,24H,7-9,11-13H2,(H,28,29). The van der Waals surface area contributed by atoms with Crippen LogP contribution in [-0.4, -0.2) is 34.7 Å². The summed E-state index contributed by atoms with van der Waals surface area (Å²) in [6.07, 6.45) is 5.36. The summed E-state index contributed by atoms with van der Waals surface area (Å²) in [4.78, 5) is 26.2. The predicted molar refractivity (Wildman–Crippen MR) is 119 cm³/mol. The molecule has 2 N–H and O–H groups in total. The Morgan fingerprint density at radius 2 is 2.07 bits per heavy atom. The number of carbonyl (C=O) groups is 1. The first-order valence-electron chi connectivity index (χ1n) is 10.3. The SMILES string of the molecule is O=C(NC1CCc2cccnc21)c1csc(CCNCC2=Nc3ccccc3C2)n1. The molecule has 30 heavy (non-hydrogen) atoms. The van der Waals surface area contributed by atoms with Gasteiger partial charge in [-0.25, -0.2) is 4.98 Å². The van der Waals surface area contributed by atoms with E-state index in [2.05, 4.69) is 49.9 Å². The van der Waals surface area contributed by atoms with Crippen LogP contribution >= 0.6 is 11.3 Å². The number of amides is 1. The van der Waals surface area contributed by atoms with Crippen LogP contribution in [0.3, 0.4) is 0 Å². The number of para-hydroxylation sites is 1.